The van der Waals surface area contributed by atoms with Crippen molar-refractivity contribution < 1.29 is 0 Å². The molecule has 1 aromatic rings. The van der Waals surface area contributed by atoms with Crippen LogP contribution >= 0.6 is 0 Å². The topological polar surface area (TPSA) is 37.0 Å². The van der Waals surface area contributed by atoms with Crippen LogP contribution in [0.2, 0.25) is 0 Å². The predicted octanol–water partition coefficient (Wildman–Crippen LogP) is 2.21. The first kappa shape index (κ1) is 14.1. The number of nitrogens with zero attached hydrogens (tertiary/aromatic N) is 1. The molecule has 96 valence electrons. The minimum absolute atomic E-state index is 0.746. The van der Waals surface area contributed by atoms with Crippen LogP contribution in [-0.2, 0) is 0 Å². The molecule has 2 heterocycles. The fourth-order valence-electron chi connectivity index (χ4n) is 1.87. The average molecular weight is 235 g/mol. The van der Waals surface area contributed by atoms with Gasteiger partial charge in [0.1, 0.15) is 0 Å². The Hall–Kier alpha value is -0.930. The van der Waals surface area contributed by atoms with Gasteiger partial charge in [-0.2, -0.15) is 0 Å². The highest BCUT2D eigenvalue weighted by atomic mass is 15.0. The minimum Gasteiger partial charge on any atom is -0.314 e. The van der Waals surface area contributed by atoms with E-state index < -0.39 is 0 Å². The maximum Gasteiger partial charge on any atom is 0.0267 e. The van der Waals surface area contributed by atoms with Gasteiger partial charge in [-0.3, -0.25) is 4.98 Å². The molecule has 17 heavy (non-hydrogen) atoms. The molecule has 1 unspecified atom stereocenters. The van der Waals surface area contributed by atoms with Gasteiger partial charge in [-0.15, -0.1) is 0 Å². The Labute approximate surface area is 105 Å². The molecule has 0 bridgehead atoms. The summed E-state index contributed by atoms with van der Waals surface area (Å²) in [7, 11) is 0. The van der Waals surface area contributed by atoms with Gasteiger partial charge in [0.15, 0.2) is 0 Å². The van der Waals surface area contributed by atoms with Gasteiger partial charge in [-0.05, 0) is 18.6 Å². The zero-order valence-electron chi connectivity index (χ0n) is 10.9. The number of rotatable bonds is 4. The highest BCUT2D eigenvalue weighted by Gasteiger charge is 2.10. The standard InChI is InChI=1S/C9H20N2.C5H5N/c1-2-3-4-5-9-8-10-6-7-11-9;1-2-4-6-5-3-1/h9-11H,2-8H2,1H3;1-5H. The van der Waals surface area contributed by atoms with Crippen LogP contribution in [0.15, 0.2) is 30.6 Å². The van der Waals surface area contributed by atoms with Crippen LogP contribution < -0.4 is 10.6 Å². The second kappa shape index (κ2) is 10.2. The van der Waals surface area contributed by atoms with Crippen molar-refractivity contribution >= 4 is 0 Å². The largest absolute Gasteiger partial charge is 0.314 e. The lowest BCUT2D eigenvalue weighted by Crippen LogP contribution is -2.48. The SMILES string of the molecule is CCCCCC1CNCCN1.c1ccncc1. The van der Waals surface area contributed by atoms with Crippen molar-refractivity contribution in [3.05, 3.63) is 30.6 Å². The molecule has 2 rings (SSSR count). The Morgan fingerprint density at radius 1 is 1.12 bits per heavy atom. The van der Waals surface area contributed by atoms with Gasteiger partial charge in [0.05, 0.1) is 0 Å². The second-order valence-corrected chi connectivity index (χ2v) is 4.38. The van der Waals surface area contributed by atoms with Crippen LogP contribution in [0, 0.1) is 0 Å². The molecule has 1 aliphatic heterocycles. The molecule has 0 radical (unpaired) electrons. The van der Waals surface area contributed by atoms with E-state index in [2.05, 4.69) is 22.5 Å². The summed E-state index contributed by atoms with van der Waals surface area (Å²) in [6.45, 7) is 5.72. The first-order chi connectivity index (χ1) is 8.43. The van der Waals surface area contributed by atoms with Crippen molar-refractivity contribution in [3.63, 3.8) is 0 Å². The number of nitrogens with one attached hydrogen (secondary N) is 2. The average Bonchev–Trinajstić information content (AvgIpc) is 2.43. The molecular formula is C14H25N3. The molecule has 1 aliphatic rings. The molecule has 0 saturated carbocycles. The summed E-state index contributed by atoms with van der Waals surface area (Å²) in [5.74, 6) is 0. The molecule has 0 aromatic carbocycles. The van der Waals surface area contributed by atoms with Gasteiger partial charge in [0.2, 0.25) is 0 Å². The summed E-state index contributed by atoms with van der Waals surface area (Å²) in [4.78, 5) is 3.78. The van der Waals surface area contributed by atoms with Gasteiger partial charge in [-0.25, -0.2) is 0 Å². The van der Waals surface area contributed by atoms with E-state index in [-0.39, 0.29) is 0 Å². The fourth-order valence-corrected chi connectivity index (χ4v) is 1.87. The highest BCUT2D eigenvalue weighted by molar-refractivity contribution is 4.88. The van der Waals surface area contributed by atoms with Crippen LogP contribution in [-0.4, -0.2) is 30.7 Å². The lowest BCUT2D eigenvalue weighted by Gasteiger charge is -2.24. The summed E-state index contributed by atoms with van der Waals surface area (Å²) in [6, 6.07) is 6.46. The molecule has 1 aromatic heterocycles. The first-order valence-electron chi connectivity index (χ1n) is 6.72. The molecule has 2 N–H and O–H groups in total. The Bertz CT molecular complexity index is 218. The van der Waals surface area contributed by atoms with Crippen molar-refractivity contribution in [2.45, 2.75) is 38.6 Å². The Kier molecular flexibility index (Phi) is 8.51. The zero-order chi connectivity index (χ0) is 12.2. The molecule has 0 aliphatic carbocycles. The molecule has 3 nitrogen and oxygen atoms in total. The van der Waals surface area contributed by atoms with E-state index in [0.29, 0.717) is 0 Å². The Balaban J connectivity index is 0.000000202. The van der Waals surface area contributed by atoms with E-state index in [0.717, 1.165) is 19.1 Å². The lowest BCUT2D eigenvalue weighted by atomic mass is 10.1. The molecule has 1 atom stereocenters. The molecule has 1 fully saturated rings. The third kappa shape index (κ3) is 7.88. The molecule has 3 heteroatoms. The van der Waals surface area contributed by atoms with Gasteiger partial charge in [0, 0.05) is 38.1 Å². The zero-order valence-corrected chi connectivity index (χ0v) is 10.9. The molecule has 0 spiro atoms. The van der Waals surface area contributed by atoms with Crippen LogP contribution in [0.3, 0.4) is 0 Å². The van der Waals surface area contributed by atoms with E-state index in [1.165, 1.54) is 32.2 Å². The number of unbranched alkanes of at least 4 members (excludes halogenated alkanes) is 2. The van der Waals surface area contributed by atoms with Crippen molar-refractivity contribution in [2.24, 2.45) is 0 Å². The van der Waals surface area contributed by atoms with E-state index in [9.17, 15) is 0 Å². The summed E-state index contributed by atoms with van der Waals surface area (Å²) in [6.07, 6.45) is 8.95. The van der Waals surface area contributed by atoms with E-state index >= 15 is 0 Å². The number of hydrogen-bond donors (Lipinski definition) is 2. The third-order valence-corrected chi connectivity index (χ3v) is 2.85. The van der Waals surface area contributed by atoms with Crippen molar-refractivity contribution in [3.8, 4) is 0 Å². The first-order valence-corrected chi connectivity index (χ1v) is 6.72. The molecule has 1 saturated heterocycles. The van der Waals surface area contributed by atoms with Crippen LogP contribution in [0.1, 0.15) is 32.6 Å². The number of aromatic nitrogens is 1. The Morgan fingerprint density at radius 3 is 2.41 bits per heavy atom. The van der Waals surface area contributed by atoms with Gasteiger partial charge < -0.3 is 10.6 Å². The Morgan fingerprint density at radius 2 is 1.94 bits per heavy atom. The summed E-state index contributed by atoms with van der Waals surface area (Å²) >= 11 is 0. The number of pyridine rings is 1. The van der Waals surface area contributed by atoms with Crippen molar-refractivity contribution in [1.82, 2.24) is 15.6 Å². The highest BCUT2D eigenvalue weighted by Crippen LogP contribution is 2.03. The molecule has 0 amide bonds. The minimum atomic E-state index is 0.746. The predicted molar refractivity (Wildman–Crippen MR) is 73.0 cm³/mol. The number of piperazine rings is 1. The third-order valence-electron chi connectivity index (χ3n) is 2.85. The van der Waals surface area contributed by atoms with E-state index in [4.69, 9.17) is 0 Å². The van der Waals surface area contributed by atoms with Gasteiger partial charge in [-0.1, -0.05) is 32.3 Å². The quantitative estimate of drug-likeness (QED) is 0.786. The van der Waals surface area contributed by atoms with Crippen LogP contribution in [0.5, 0.6) is 0 Å². The lowest BCUT2D eigenvalue weighted by molar-refractivity contribution is 0.388. The maximum atomic E-state index is 3.78. The van der Waals surface area contributed by atoms with Crippen molar-refractivity contribution in [1.29, 1.82) is 0 Å². The number of hydrogen-bond acceptors (Lipinski definition) is 3. The molecular weight excluding hydrogens is 210 g/mol. The summed E-state index contributed by atoms with van der Waals surface area (Å²) in [5, 5.41) is 6.91. The maximum absolute atomic E-state index is 3.78. The fraction of sp³-hybridized carbons (Fsp3) is 0.643. The van der Waals surface area contributed by atoms with Crippen molar-refractivity contribution in [2.75, 3.05) is 19.6 Å². The van der Waals surface area contributed by atoms with Crippen LogP contribution in [0.25, 0.3) is 0 Å². The van der Waals surface area contributed by atoms with E-state index in [1.807, 2.05) is 18.2 Å². The summed E-state index contributed by atoms with van der Waals surface area (Å²) in [5.41, 5.74) is 0. The monoisotopic (exact) mass is 235 g/mol. The van der Waals surface area contributed by atoms with E-state index in [1.54, 1.807) is 12.4 Å². The second-order valence-electron chi connectivity index (χ2n) is 4.38. The van der Waals surface area contributed by atoms with Gasteiger partial charge >= 0.3 is 0 Å². The van der Waals surface area contributed by atoms with Gasteiger partial charge in [0.25, 0.3) is 0 Å². The van der Waals surface area contributed by atoms with Crippen LogP contribution in [0.4, 0.5) is 0 Å². The smallest absolute Gasteiger partial charge is 0.0267 e. The summed E-state index contributed by atoms with van der Waals surface area (Å²) < 4.78 is 0. The normalized spacial score (nSPS) is 19.2.